The number of rotatable bonds is 3. The molecular weight excluding hydrogens is 243 g/mol. The van der Waals surface area contributed by atoms with Crippen LogP contribution in [-0.4, -0.2) is 16.9 Å². The van der Waals surface area contributed by atoms with Gasteiger partial charge in [0.25, 0.3) is 5.91 Å². The highest BCUT2D eigenvalue weighted by Crippen LogP contribution is 2.21. The lowest BCUT2D eigenvalue weighted by molar-refractivity contribution is 0.0941. The van der Waals surface area contributed by atoms with Crippen LogP contribution in [-0.2, 0) is 0 Å². The summed E-state index contributed by atoms with van der Waals surface area (Å²) in [6, 6.07) is 6.44. The minimum atomic E-state index is -0.404. The van der Waals surface area contributed by atoms with Crippen molar-refractivity contribution in [1.29, 1.82) is 0 Å². The topological polar surface area (TPSA) is 42.0 Å². The number of hydrogen-bond acceptors (Lipinski definition) is 2. The van der Waals surface area contributed by atoms with Crippen molar-refractivity contribution in [3.63, 3.8) is 0 Å². The Kier molecular flexibility index (Phi) is 3.79. The number of fused-ring (bicyclic) bond motifs is 1. The Labute approximate surface area is 111 Å². The molecule has 0 bridgehead atoms. The maximum absolute atomic E-state index is 13.7. The number of benzene rings is 1. The normalized spacial score (nSPS) is 12.4. The van der Waals surface area contributed by atoms with Gasteiger partial charge in [-0.15, -0.1) is 0 Å². The Bertz CT molecular complexity index is 625. The molecule has 0 spiro atoms. The van der Waals surface area contributed by atoms with Gasteiger partial charge in [-0.25, -0.2) is 9.37 Å². The van der Waals surface area contributed by atoms with Crippen LogP contribution in [0.2, 0.25) is 0 Å². The first-order valence-corrected chi connectivity index (χ1v) is 6.39. The second kappa shape index (κ2) is 5.34. The molecule has 1 unspecified atom stereocenters. The van der Waals surface area contributed by atoms with E-state index < -0.39 is 5.82 Å². The fourth-order valence-corrected chi connectivity index (χ4v) is 1.93. The van der Waals surface area contributed by atoms with E-state index in [1.807, 2.05) is 13.8 Å². The van der Waals surface area contributed by atoms with Gasteiger partial charge >= 0.3 is 0 Å². The van der Waals surface area contributed by atoms with E-state index in [4.69, 9.17) is 0 Å². The lowest BCUT2D eigenvalue weighted by Gasteiger charge is -2.13. The van der Waals surface area contributed by atoms with Gasteiger partial charge in [-0.2, -0.15) is 0 Å². The summed E-state index contributed by atoms with van der Waals surface area (Å²) in [5, 5.41) is 3.44. The molecule has 19 heavy (non-hydrogen) atoms. The molecule has 1 atom stereocenters. The predicted molar refractivity (Wildman–Crippen MR) is 73.7 cm³/mol. The average molecular weight is 260 g/mol. The molecule has 1 amide bonds. The van der Waals surface area contributed by atoms with E-state index >= 15 is 0 Å². The van der Waals surface area contributed by atoms with Gasteiger partial charge in [0.15, 0.2) is 0 Å². The van der Waals surface area contributed by atoms with E-state index in [0.717, 1.165) is 6.42 Å². The summed E-state index contributed by atoms with van der Waals surface area (Å²) < 4.78 is 13.7. The Balaban J connectivity index is 2.54. The first kappa shape index (κ1) is 13.5. The van der Waals surface area contributed by atoms with E-state index in [1.165, 1.54) is 6.07 Å². The molecular formula is C15H17FN2O. The minimum absolute atomic E-state index is 0.0876. The highest BCUT2D eigenvalue weighted by atomic mass is 19.1. The summed E-state index contributed by atoms with van der Waals surface area (Å²) in [5.41, 5.74) is 1.35. The molecule has 4 heteroatoms. The molecule has 0 radical (unpaired) electrons. The molecule has 0 aliphatic rings. The first-order valence-electron chi connectivity index (χ1n) is 6.39. The number of hydrogen-bond donors (Lipinski definition) is 1. The van der Waals surface area contributed by atoms with Gasteiger partial charge in [-0.1, -0.05) is 19.1 Å². The van der Waals surface area contributed by atoms with Crippen LogP contribution in [0.3, 0.4) is 0 Å². The van der Waals surface area contributed by atoms with Gasteiger partial charge in [-0.05, 0) is 32.4 Å². The molecule has 2 aromatic rings. The molecule has 1 aromatic carbocycles. The SMILES string of the molecule is CCC(C)NC(=O)c1cc(C)nc2c(F)cccc12. The number of amides is 1. The van der Waals surface area contributed by atoms with Crippen LogP contribution in [0, 0.1) is 12.7 Å². The zero-order valence-corrected chi connectivity index (χ0v) is 11.3. The van der Waals surface area contributed by atoms with E-state index in [9.17, 15) is 9.18 Å². The third kappa shape index (κ3) is 2.72. The summed E-state index contributed by atoms with van der Waals surface area (Å²) in [6.07, 6.45) is 0.849. The molecule has 3 nitrogen and oxygen atoms in total. The number of nitrogens with zero attached hydrogens (tertiary/aromatic N) is 1. The van der Waals surface area contributed by atoms with Crippen molar-refractivity contribution < 1.29 is 9.18 Å². The largest absolute Gasteiger partial charge is 0.350 e. The number of aryl methyl sites for hydroxylation is 1. The highest BCUT2D eigenvalue weighted by Gasteiger charge is 2.15. The molecule has 1 heterocycles. The third-order valence-corrected chi connectivity index (χ3v) is 3.15. The Hall–Kier alpha value is -1.97. The number of halogens is 1. The second-order valence-corrected chi connectivity index (χ2v) is 4.73. The molecule has 1 aromatic heterocycles. The molecule has 2 rings (SSSR count). The molecule has 0 aliphatic heterocycles. The van der Waals surface area contributed by atoms with Crippen LogP contribution < -0.4 is 5.32 Å². The Morgan fingerprint density at radius 1 is 1.47 bits per heavy atom. The van der Waals surface area contributed by atoms with Gasteiger partial charge in [0.05, 0.1) is 5.56 Å². The minimum Gasteiger partial charge on any atom is -0.350 e. The van der Waals surface area contributed by atoms with Crippen molar-refractivity contribution in [2.45, 2.75) is 33.2 Å². The number of para-hydroxylation sites is 1. The van der Waals surface area contributed by atoms with E-state index in [-0.39, 0.29) is 17.5 Å². The predicted octanol–water partition coefficient (Wildman–Crippen LogP) is 3.21. The van der Waals surface area contributed by atoms with Crippen LogP contribution in [0.4, 0.5) is 4.39 Å². The number of aromatic nitrogens is 1. The summed E-state index contributed by atoms with van der Waals surface area (Å²) in [6.45, 7) is 5.70. The number of pyridine rings is 1. The van der Waals surface area contributed by atoms with Crippen LogP contribution in [0.1, 0.15) is 36.3 Å². The highest BCUT2D eigenvalue weighted by molar-refractivity contribution is 6.06. The van der Waals surface area contributed by atoms with Crippen LogP contribution >= 0.6 is 0 Å². The summed E-state index contributed by atoms with van der Waals surface area (Å²) in [5.74, 6) is -0.589. The van der Waals surface area contributed by atoms with E-state index in [0.29, 0.717) is 16.6 Å². The van der Waals surface area contributed by atoms with Crippen molar-refractivity contribution in [3.05, 3.63) is 41.3 Å². The molecule has 0 saturated carbocycles. The van der Waals surface area contributed by atoms with Crippen LogP contribution in [0.25, 0.3) is 10.9 Å². The quantitative estimate of drug-likeness (QED) is 0.920. The van der Waals surface area contributed by atoms with Crippen molar-refractivity contribution in [2.75, 3.05) is 0 Å². The van der Waals surface area contributed by atoms with Gasteiger partial charge in [0.1, 0.15) is 11.3 Å². The van der Waals surface area contributed by atoms with Crippen molar-refractivity contribution in [2.24, 2.45) is 0 Å². The van der Waals surface area contributed by atoms with Gasteiger partial charge in [0, 0.05) is 17.1 Å². The van der Waals surface area contributed by atoms with Crippen molar-refractivity contribution in [3.8, 4) is 0 Å². The van der Waals surface area contributed by atoms with Gasteiger partial charge in [0.2, 0.25) is 0 Å². The van der Waals surface area contributed by atoms with Crippen molar-refractivity contribution in [1.82, 2.24) is 10.3 Å². The fourth-order valence-electron chi connectivity index (χ4n) is 1.93. The zero-order chi connectivity index (χ0) is 14.0. The number of carbonyl (C=O) groups excluding carboxylic acids is 1. The maximum atomic E-state index is 13.7. The molecule has 0 fully saturated rings. The van der Waals surface area contributed by atoms with Crippen LogP contribution in [0.15, 0.2) is 24.3 Å². The molecule has 0 aliphatic carbocycles. The average Bonchev–Trinajstić information content (AvgIpc) is 2.38. The number of nitrogens with one attached hydrogen (secondary N) is 1. The monoisotopic (exact) mass is 260 g/mol. The second-order valence-electron chi connectivity index (χ2n) is 4.73. The zero-order valence-electron chi connectivity index (χ0n) is 11.3. The lowest BCUT2D eigenvalue weighted by atomic mass is 10.1. The Morgan fingerprint density at radius 2 is 2.21 bits per heavy atom. The Morgan fingerprint density at radius 3 is 2.89 bits per heavy atom. The van der Waals surface area contributed by atoms with E-state index in [2.05, 4.69) is 10.3 Å². The standard InChI is InChI=1S/C15H17FN2O/c1-4-9(2)18-15(19)12-8-10(3)17-14-11(12)6-5-7-13(14)16/h5-9H,4H2,1-3H3,(H,18,19). The summed E-state index contributed by atoms with van der Waals surface area (Å²) >= 11 is 0. The van der Waals surface area contributed by atoms with Gasteiger partial charge in [-0.3, -0.25) is 4.79 Å². The summed E-state index contributed by atoms with van der Waals surface area (Å²) in [7, 11) is 0. The molecule has 0 saturated heterocycles. The van der Waals surface area contributed by atoms with Gasteiger partial charge < -0.3 is 5.32 Å². The van der Waals surface area contributed by atoms with E-state index in [1.54, 1.807) is 25.1 Å². The first-order chi connectivity index (χ1) is 9.02. The smallest absolute Gasteiger partial charge is 0.252 e. The van der Waals surface area contributed by atoms with Crippen molar-refractivity contribution >= 4 is 16.8 Å². The molecule has 1 N–H and O–H groups in total. The van der Waals surface area contributed by atoms with Crippen LogP contribution in [0.5, 0.6) is 0 Å². The summed E-state index contributed by atoms with van der Waals surface area (Å²) in [4.78, 5) is 16.4. The fraction of sp³-hybridized carbons (Fsp3) is 0.333. The lowest BCUT2D eigenvalue weighted by Crippen LogP contribution is -2.32. The third-order valence-electron chi connectivity index (χ3n) is 3.15. The maximum Gasteiger partial charge on any atom is 0.252 e. The molecule has 100 valence electrons. The number of carbonyl (C=O) groups is 1.